The Labute approximate surface area is 65.7 Å². The van der Waals surface area contributed by atoms with Crippen LogP contribution in [0.1, 0.15) is 12.8 Å². The summed E-state index contributed by atoms with van der Waals surface area (Å²) >= 11 is 4.11. The molecule has 0 aliphatic carbocycles. The van der Waals surface area contributed by atoms with Crippen molar-refractivity contribution in [2.24, 2.45) is 4.99 Å². The van der Waals surface area contributed by atoms with Gasteiger partial charge in [0.05, 0.1) is 0 Å². The fourth-order valence-corrected chi connectivity index (χ4v) is 1.46. The fourth-order valence-electron chi connectivity index (χ4n) is 1.11. The van der Waals surface area contributed by atoms with Crippen LogP contribution in [-0.4, -0.2) is 29.5 Å². The highest BCUT2D eigenvalue weighted by Crippen LogP contribution is 2.19. The molecule has 1 aliphatic rings. The second-order valence-electron chi connectivity index (χ2n) is 2.32. The molecule has 10 heavy (non-hydrogen) atoms. The second kappa shape index (κ2) is 3.16. The quantitative estimate of drug-likeness (QED) is 0.446. The Kier molecular flexibility index (Phi) is 2.45. The summed E-state index contributed by atoms with van der Waals surface area (Å²) in [6, 6.07) is -0.124. The largest absolute Gasteiger partial charge is 0.271 e. The molecule has 0 aromatic carbocycles. The van der Waals surface area contributed by atoms with Gasteiger partial charge in [-0.05, 0) is 19.6 Å². The summed E-state index contributed by atoms with van der Waals surface area (Å²) in [5, 5.41) is 0. The molecule has 1 rings (SSSR count). The summed E-state index contributed by atoms with van der Waals surface area (Å²) in [5.41, 5.74) is 0. The van der Waals surface area contributed by atoms with Crippen molar-refractivity contribution in [1.29, 1.82) is 0 Å². The van der Waals surface area contributed by atoms with E-state index in [0.717, 1.165) is 19.4 Å². The van der Waals surface area contributed by atoms with E-state index in [-0.39, 0.29) is 11.9 Å². The molecule has 56 valence electrons. The Morgan fingerprint density at radius 1 is 1.80 bits per heavy atom. The van der Waals surface area contributed by atoms with Gasteiger partial charge in [-0.3, -0.25) is 4.79 Å². The summed E-state index contributed by atoms with van der Waals surface area (Å²) in [6.45, 7) is 4.05. The van der Waals surface area contributed by atoms with Gasteiger partial charge in [-0.15, -0.1) is 0 Å². The van der Waals surface area contributed by atoms with Crippen molar-refractivity contribution in [2.75, 3.05) is 6.54 Å². The first kappa shape index (κ1) is 7.75. The maximum Gasteiger partial charge on any atom is 0.263 e. The molecule has 0 N–H and O–H groups in total. The lowest BCUT2D eigenvalue weighted by Crippen LogP contribution is -2.27. The third kappa shape index (κ3) is 1.38. The first-order chi connectivity index (χ1) is 4.75. The van der Waals surface area contributed by atoms with E-state index in [4.69, 9.17) is 0 Å². The van der Waals surface area contributed by atoms with Crippen LogP contribution >= 0.6 is 12.8 Å². The van der Waals surface area contributed by atoms with Gasteiger partial charge in [-0.25, -0.2) is 9.30 Å². The molecule has 1 amide bonds. The van der Waals surface area contributed by atoms with Crippen LogP contribution in [0.5, 0.6) is 0 Å². The fraction of sp³-hybridized carbons (Fsp3) is 0.667. The number of nitrogens with zero attached hydrogens (tertiary/aromatic N) is 2. The van der Waals surface area contributed by atoms with Gasteiger partial charge in [-0.2, -0.15) is 0 Å². The van der Waals surface area contributed by atoms with Crippen molar-refractivity contribution in [2.45, 2.75) is 18.9 Å². The highest BCUT2D eigenvalue weighted by atomic mass is 32.1. The molecular weight excluding hydrogens is 148 g/mol. The Hall–Kier alpha value is -0.350. The molecule has 1 fully saturated rings. The van der Waals surface area contributed by atoms with Gasteiger partial charge in [0, 0.05) is 6.54 Å². The minimum atomic E-state index is -0.160. The van der Waals surface area contributed by atoms with E-state index in [9.17, 15) is 4.79 Å². The minimum Gasteiger partial charge on any atom is -0.271 e. The lowest BCUT2D eigenvalue weighted by Gasteiger charge is -2.12. The monoisotopic (exact) mass is 158 g/mol. The van der Waals surface area contributed by atoms with E-state index < -0.39 is 0 Å². The molecule has 4 heteroatoms. The first-order valence-electron chi connectivity index (χ1n) is 3.22. The van der Waals surface area contributed by atoms with Crippen LogP contribution in [0.15, 0.2) is 4.99 Å². The molecule has 1 saturated heterocycles. The first-order valence-corrected chi connectivity index (χ1v) is 3.62. The molecule has 0 saturated carbocycles. The topological polar surface area (TPSA) is 32.7 Å². The van der Waals surface area contributed by atoms with E-state index in [1.54, 1.807) is 4.31 Å². The van der Waals surface area contributed by atoms with Crippen molar-refractivity contribution >= 4 is 25.4 Å². The number of hydrogen-bond donors (Lipinski definition) is 1. The molecule has 0 spiro atoms. The normalized spacial score (nSPS) is 26.7. The van der Waals surface area contributed by atoms with Gasteiger partial charge in [-0.1, -0.05) is 12.8 Å². The van der Waals surface area contributed by atoms with Crippen molar-refractivity contribution in [3.8, 4) is 0 Å². The maximum absolute atomic E-state index is 10.9. The van der Waals surface area contributed by atoms with Crippen LogP contribution < -0.4 is 0 Å². The van der Waals surface area contributed by atoms with E-state index in [0.29, 0.717) is 0 Å². The Morgan fingerprint density at radius 2 is 2.50 bits per heavy atom. The summed E-state index contributed by atoms with van der Waals surface area (Å²) in [5.74, 6) is -0.160. The number of thiol groups is 1. The molecule has 0 radical (unpaired) electrons. The zero-order valence-electron chi connectivity index (χ0n) is 5.66. The number of rotatable bonds is 1. The van der Waals surface area contributed by atoms with Gasteiger partial charge in [0.2, 0.25) is 0 Å². The summed E-state index contributed by atoms with van der Waals surface area (Å²) in [4.78, 5) is 14.2. The summed E-state index contributed by atoms with van der Waals surface area (Å²) in [6.07, 6.45) is 1.89. The lowest BCUT2D eigenvalue weighted by atomic mass is 10.2. The lowest BCUT2D eigenvalue weighted by molar-refractivity contribution is -0.120. The van der Waals surface area contributed by atoms with Gasteiger partial charge in [0.25, 0.3) is 5.91 Å². The number of hydrogen-bond acceptors (Lipinski definition) is 3. The molecule has 0 aromatic heterocycles. The van der Waals surface area contributed by atoms with Gasteiger partial charge >= 0.3 is 0 Å². The molecule has 3 nitrogen and oxygen atoms in total. The zero-order valence-corrected chi connectivity index (χ0v) is 6.55. The minimum absolute atomic E-state index is 0.124. The van der Waals surface area contributed by atoms with Crippen molar-refractivity contribution in [1.82, 2.24) is 4.31 Å². The predicted molar refractivity (Wildman–Crippen MR) is 43.3 cm³/mol. The third-order valence-corrected chi connectivity index (χ3v) is 2.14. The summed E-state index contributed by atoms with van der Waals surface area (Å²) < 4.78 is 1.72. The maximum atomic E-state index is 10.9. The molecule has 1 heterocycles. The van der Waals surface area contributed by atoms with Crippen LogP contribution in [0.2, 0.25) is 0 Å². The van der Waals surface area contributed by atoms with Crippen molar-refractivity contribution in [3.05, 3.63) is 0 Å². The van der Waals surface area contributed by atoms with E-state index in [2.05, 4.69) is 24.5 Å². The number of carbonyl (C=O) groups is 1. The zero-order chi connectivity index (χ0) is 7.56. The molecule has 1 atom stereocenters. The van der Waals surface area contributed by atoms with Crippen molar-refractivity contribution < 1.29 is 4.79 Å². The van der Waals surface area contributed by atoms with E-state index in [1.165, 1.54) is 0 Å². The van der Waals surface area contributed by atoms with Crippen molar-refractivity contribution in [3.63, 3.8) is 0 Å². The SMILES string of the molecule is C=NC(=O)C1CCCN1S. The number of aliphatic imine (C=N–C) groups is 1. The highest BCUT2D eigenvalue weighted by molar-refractivity contribution is 7.77. The van der Waals surface area contributed by atoms with E-state index >= 15 is 0 Å². The average molecular weight is 158 g/mol. The van der Waals surface area contributed by atoms with Crippen LogP contribution in [0.25, 0.3) is 0 Å². The highest BCUT2D eigenvalue weighted by Gasteiger charge is 2.27. The molecular formula is C6H10N2OS. The third-order valence-electron chi connectivity index (χ3n) is 1.67. The smallest absolute Gasteiger partial charge is 0.263 e. The van der Waals surface area contributed by atoms with Gasteiger partial charge in [0.1, 0.15) is 6.04 Å². The Morgan fingerprint density at radius 3 is 2.90 bits per heavy atom. The van der Waals surface area contributed by atoms with Gasteiger partial charge in [0.15, 0.2) is 0 Å². The molecule has 1 unspecified atom stereocenters. The standard InChI is InChI=1S/C6H10N2OS/c1-7-6(9)5-3-2-4-8(5)10/h5,10H,1-4H2. The van der Waals surface area contributed by atoms with E-state index in [1.807, 2.05) is 0 Å². The molecule has 0 aromatic rings. The Balaban J connectivity index is 2.54. The number of carbonyl (C=O) groups excluding carboxylic acids is 1. The van der Waals surface area contributed by atoms with Crippen LogP contribution in [0.3, 0.4) is 0 Å². The average Bonchev–Trinajstić information content (AvgIpc) is 2.34. The van der Waals surface area contributed by atoms with Crippen LogP contribution in [-0.2, 0) is 4.79 Å². The molecule has 0 bridgehead atoms. The second-order valence-corrected chi connectivity index (χ2v) is 2.83. The number of amides is 1. The Bertz CT molecular complexity index is 160. The predicted octanol–water partition coefficient (Wildman–Crippen LogP) is 0.523. The van der Waals surface area contributed by atoms with Crippen LogP contribution in [0, 0.1) is 0 Å². The van der Waals surface area contributed by atoms with Gasteiger partial charge < -0.3 is 0 Å². The van der Waals surface area contributed by atoms with Crippen LogP contribution in [0.4, 0.5) is 0 Å². The molecule has 1 aliphatic heterocycles. The summed E-state index contributed by atoms with van der Waals surface area (Å²) in [7, 11) is 0.